The predicted molar refractivity (Wildman–Crippen MR) is 117 cm³/mol. The summed E-state index contributed by atoms with van der Waals surface area (Å²) in [4.78, 5) is 24.9. The smallest absolute Gasteiger partial charge is 0.252 e. The van der Waals surface area contributed by atoms with E-state index in [1.165, 1.54) is 0 Å². The SMILES string of the molecule is C[C@@H]1C[C@H]1C(=O)Nc1ccc(C(=O)N[C@@H](c2ccc(Cl)cc2)c2ccsc2)cc1. The second-order valence-corrected chi connectivity index (χ2v) is 8.62. The second kappa shape index (κ2) is 8.39. The van der Waals surface area contributed by atoms with E-state index < -0.39 is 0 Å². The minimum atomic E-state index is -0.262. The number of rotatable bonds is 6. The van der Waals surface area contributed by atoms with Gasteiger partial charge in [0.1, 0.15) is 0 Å². The van der Waals surface area contributed by atoms with E-state index in [2.05, 4.69) is 17.6 Å². The highest BCUT2D eigenvalue weighted by atomic mass is 35.5. The molecule has 1 heterocycles. The number of hydrogen-bond acceptors (Lipinski definition) is 3. The molecule has 1 aliphatic carbocycles. The van der Waals surface area contributed by atoms with Gasteiger partial charge in [-0.3, -0.25) is 9.59 Å². The minimum Gasteiger partial charge on any atom is -0.341 e. The van der Waals surface area contributed by atoms with Crippen molar-refractivity contribution >= 4 is 40.4 Å². The molecule has 6 heteroatoms. The minimum absolute atomic E-state index is 0.0509. The van der Waals surface area contributed by atoms with Gasteiger partial charge in [0.2, 0.25) is 5.91 Å². The summed E-state index contributed by atoms with van der Waals surface area (Å²) in [6.45, 7) is 2.07. The van der Waals surface area contributed by atoms with Crippen molar-refractivity contribution in [3.63, 3.8) is 0 Å². The molecule has 3 atom stereocenters. The highest BCUT2D eigenvalue weighted by Crippen LogP contribution is 2.38. The van der Waals surface area contributed by atoms with E-state index in [9.17, 15) is 9.59 Å². The van der Waals surface area contributed by atoms with Crippen LogP contribution in [0.15, 0.2) is 65.4 Å². The van der Waals surface area contributed by atoms with Gasteiger partial charge in [-0.15, -0.1) is 0 Å². The second-order valence-electron chi connectivity index (χ2n) is 7.40. The van der Waals surface area contributed by atoms with Crippen LogP contribution in [-0.4, -0.2) is 11.8 Å². The molecule has 0 aliphatic heterocycles. The lowest BCUT2D eigenvalue weighted by Crippen LogP contribution is -2.29. The topological polar surface area (TPSA) is 58.2 Å². The fourth-order valence-electron chi connectivity index (χ4n) is 3.30. The van der Waals surface area contributed by atoms with Crippen LogP contribution < -0.4 is 10.6 Å². The molecule has 0 unspecified atom stereocenters. The van der Waals surface area contributed by atoms with Crippen molar-refractivity contribution in [1.82, 2.24) is 5.32 Å². The molecule has 1 saturated carbocycles. The van der Waals surface area contributed by atoms with Crippen molar-refractivity contribution in [2.45, 2.75) is 19.4 Å². The Morgan fingerprint density at radius 3 is 2.31 bits per heavy atom. The zero-order chi connectivity index (χ0) is 20.4. The third-order valence-corrected chi connectivity index (χ3v) is 6.17. The van der Waals surface area contributed by atoms with E-state index in [0.29, 0.717) is 22.2 Å². The molecule has 3 aromatic rings. The molecule has 4 nitrogen and oxygen atoms in total. The van der Waals surface area contributed by atoms with Crippen molar-refractivity contribution in [3.8, 4) is 0 Å². The molecular weight excluding hydrogens is 404 g/mol. The fraction of sp³-hybridized carbons (Fsp3) is 0.217. The average molecular weight is 425 g/mol. The first-order valence-electron chi connectivity index (χ1n) is 9.50. The number of benzene rings is 2. The molecule has 0 radical (unpaired) electrons. The number of hydrogen-bond donors (Lipinski definition) is 2. The monoisotopic (exact) mass is 424 g/mol. The molecule has 29 heavy (non-hydrogen) atoms. The molecule has 1 aromatic heterocycles. The van der Waals surface area contributed by atoms with E-state index in [0.717, 1.165) is 17.5 Å². The molecule has 4 rings (SSSR count). The van der Waals surface area contributed by atoms with Crippen LogP contribution >= 0.6 is 22.9 Å². The summed E-state index contributed by atoms with van der Waals surface area (Å²) in [6, 6.07) is 16.2. The summed E-state index contributed by atoms with van der Waals surface area (Å²) >= 11 is 7.60. The van der Waals surface area contributed by atoms with Gasteiger partial charge in [0.05, 0.1) is 6.04 Å². The van der Waals surface area contributed by atoms with E-state index >= 15 is 0 Å². The van der Waals surface area contributed by atoms with Crippen LogP contribution in [0.2, 0.25) is 5.02 Å². The molecule has 2 amide bonds. The zero-order valence-electron chi connectivity index (χ0n) is 15.9. The van der Waals surface area contributed by atoms with Crippen LogP contribution in [0, 0.1) is 11.8 Å². The summed E-state index contributed by atoms with van der Waals surface area (Å²) in [7, 11) is 0. The van der Waals surface area contributed by atoms with Crippen LogP contribution in [0.1, 0.15) is 40.9 Å². The van der Waals surface area contributed by atoms with Gasteiger partial charge < -0.3 is 10.6 Å². The van der Waals surface area contributed by atoms with Crippen LogP contribution in [0.4, 0.5) is 5.69 Å². The van der Waals surface area contributed by atoms with Gasteiger partial charge >= 0.3 is 0 Å². The molecule has 0 spiro atoms. The summed E-state index contributed by atoms with van der Waals surface area (Å²) in [5.74, 6) is 0.450. The maximum Gasteiger partial charge on any atom is 0.252 e. The summed E-state index contributed by atoms with van der Waals surface area (Å²) < 4.78 is 0. The quantitative estimate of drug-likeness (QED) is 0.547. The summed E-state index contributed by atoms with van der Waals surface area (Å²) in [5, 5.41) is 10.7. The standard InChI is InChI=1S/C23H21ClN2O2S/c1-14-12-20(14)23(28)25-19-8-4-16(5-9-19)22(27)26-21(17-10-11-29-13-17)15-2-6-18(24)7-3-15/h2-11,13-14,20-21H,12H2,1H3,(H,25,28)(H,26,27)/t14-,20-,21+/m1/s1. The van der Waals surface area contributed by atoms with Crippen molar-refractivity contribution in [1.29, 1.82) is 0 Å². The Morgan fingerprint density at radius 2 is 1.72 bits per heavy atom. The highest BCUT2D eigenvalue weighted by Gasteiger charge is 2.39. The third kappa shape index (κ3) is 4.69. The Labute approximate surface area is 178 Å². The number of nitrogens with one attached hydrogen (secondary N) is 2. The Hall–Kier alpha value is -2.63. The Morgan fingerprint density at radius 1 is 1.03 bits per heavy atom. The van der Waals surface area contributed by atoms with Gasteiger partial charge in [-0.05, 0) is 76.7 Å². The molecule has 148 valence electrons. The molecule has 2 aromatic carbocycles. The fourth-order valence-corrected chi connectivity index (χ4v) is 4.11. The van der Waals surface area contributed by atoms with E-state index in [4.69, 9.17) is 11.6 Å². The molecule has 0 saturated heterocycles. The van der Waals surface area contributed by atoms with Crippen molar-refractivity contribution in [2.24, 2.45) is 11.8 Å². The lowest BCUT2D eigenvalue weighted by molar-refractivity contribution is -0.117. The molecule has 1 aliphatic rings. The Kier molecular flexibility index (Phi) is 5.69. The van der Waals surface area contributed by atoms with E-state index in [1.807, 2.05) is 41.1 Å². The highest BCUT2D eigenvalue weighted by molar-refractivity contribution is 7.08. The van der Waals surface area contributed by atoms with Crippen LogP contribution in [0.5, 0.6) is 0 Å². The molecule has 2 N–H and O–H groups in total. The molecule has 1 fully saturated rings. The zero-order valence-corrected chi connectivity index (χ0v) is 17.5. The number of halogens is 1. The van der Waals surface area contributed by atoms with Gasteiger partial charge in [0, 0.05) is 22.2 Å². The van der Waals surface area contributed by atoms with Gasteiger partial charge in [0.25, 0.3) is 5.91 Å². The van der Waals surface area contributed by atoms with Crippen LogP contribution in [-0.2, 0) is 4.79 Å². The Balaban J connectivity index is 1.47. The number of thiophene rings is 1. The van der Waals surface area contributed by atoms with Crippen molar-refractivity contribution < 1.29 is 9.59 Å². The summed E-state index contributed by atoms with van der Waals surface area (Å²) in [5.41, 5.74) is 3.23. The number of carbonyl (C=O) groups excluding carboxylic acids is 2. The number of anilines is 1. The van der Waals surface area contributed by atoms with Crippen molar-refractivity contribution in [3.05, 3.63) is 87.1 Å². The van der Waals surface area contributed by atoms with Crippen LogP contribution in [0.3, 0.4) is 0 Å². The first-order chi connectivity index (χ1) is 14.0. The van der Waals surface area contributed by atoms with E-state index in [-0.39, 0.29) is 23.8 Å². The van der Waals surface area contributed by atoms with E-state index in [1.54, 1.807) is 35.6 Å². The Bertz CT molecular complexity index is 1000. The lowest BCUT2D eigenvalue weighted by Gasteiger charge is -2.19. The van der Waals surface area contributed by atoms with Crippen molar-refractivity contribution in [2.75, 3.05) is 5.32 Å². The molecule has 0 bridgehead atoms. The predicted octanol–water partition coefficient (Wildman–Crippen LogP) is 5.52. The number of amides is 2. The third-order valence-electron chi connectivity index (χ3n) is 5.22. The maximum absolute atomic E-state index is 12.9. The number of carbonyl (C=O) groups is 2. The largest absolute Gasteiger partial charge is 0.341 e. The first-order valence-corrected chi connectivity index (χ1v) is 10.8. The van der Waals surface area contributed by atoms with Gasteiger partial charge in [-0.1, -0.05) is 30.7 Å². The first kappa shape index (κ1) is 19.7. The van der Waals surface area contributed by atoms with Gasteiger partial charge in [0.15, 0.2) is 0 Å². The van der Waals surface area contributed by atoms with Gasteiger partial charge in [-0.2, -0.15) is 11.3 Å². The van der Waals surface area contributed by atoms with Crippen LogP contribution in [0.25, 0.3) is 0 Å². The maximum atomic E-state index is 12.9. The van der Waals surface area contributed by atoms with Gasteiger partial charge in [-0.25, -0.2) is 0 Å². The normalized spacial score (nSPS) is 18.7. The lowest BCUT2D eigenvalue weighted by atomic mass is 10.0. The summed E-state index contributed by atoms with van der Waals surface area (Å²) in [6.07, 6.45) is 0.945. The molecular formula is C23H21ClN2O2S. The average Bonchev–Trinajstić information content (AvgIpc) is 3.22.